The number of fused-ring (bicyclic) bond motifs is 1. The summed E-state index contributed by atoms with van der Waals surface area (Å²) in [4.78, 5) is 23.2. The van der Waals surface area contributed by atoms with Gasteiger partial charge in [0.15, 0.2) is 4.34 Å². The van der Waals surface area contributed by atoms with Crippen molar-refractivity contribution in [3.63, 3.8) is 0 Å². The van der Waals surface area contributed by atoms with Crippen LogP contribution in [0, 0.1) is 5.82 Å². The van der Waals surface area contributed by atoms with E-state index in [2.05, 4.69) is 20.8 Å². The summed E-state index contributed by atoms with van der Waals surface area (Å²) < 4.78 is 19.0. The third-order valence-corrected chi connectivity index (χ3v) is 6.33. The van der Waals surface area contributed by atoms with Crippen LogP contribution in [0.2, 0.25) is 0 Å². The van der Waals surface area contributed by atoms with E-state index in [9.17, 15) is 14.0 Å². The minimum absolute atomic E-state index is 0.200. The third kappa shape index (κ3) is 5.47. The van der Waals surface area contributed by atoms with Crippen LogP contribution in [0.4, 0.5) is 15.2 Å². The number of rotatable bonds is 7. The number of amides is 1. The molecule has 10 heteroatoms. The van der Waals surface area contributed by atoms with Crippen LogP contribution in [0.25, 0.3) is 11.0 Å². The average Bonchev–Trinajstić information content (AvgIpc) is 3.18. The van der Waals surface area contributed by atoms with Gasteiger partial charge in [0, 0.05) is 42.4 Å². The topological polar surface area (TPSA) is 97.1 Å². The fourth-order valence-corrected chi connectivity index (χ4v) is 4.63. The summed E-state index contributed by atoms with van der Waals surface area (Å²) in [6.07, 6.45) is 0. The average molecular weight is 457 g/mol. The minimum atomic E-state index is -0.456. The van der Waals surface area contributed by atoms with E-state index in [1.54, 1.807) is 24.3 Å². The molecule has 0 unspecified atom stereocenters. The summed E-state index contributed by atoms with van der Waals surface area (Å²) >= 11 is 2.86. The Bertz CT molecular complexity index is 1290. The van der Waals surface area contributed by atoms with Crippen molar-refractivity contribution in [3.8, 4) is 0 Å². The van der Waals surface area contributed by atoms with Crippen molar-refractivity contribution < 1.29 is 13.6 Å². The maximum atomic E-state index is 13.0. The Morgan fingerprint density at radius 3 is 2.74 bits per heavy atom. The van der Waals surface area contributed by atoms with Gasteiger partial charge in [0.25, 0.3) is 0 Å². The van der Waals surface area contributed by atoms with Gasteiger partial charge in [0.2, 0.25) is 11.0 Å². The predicted octanol–water partition coefficient (Wildman–Crippen LogP) is 4.65. The molecule has 0 atom stereocenters. The van der Waals surface area contributed by atoms with Crippen molar-refractivity contribution in [1.29, 1.82) is 0 Å². The fourth-order valence-electron chi connectivity index (χ4n) is 2.89. The number of nitrogens with one attached hydrogen (secondary N) is 2. The first-order valence-electron chi connectivity index (χ1n) is 9.25. The van der Waals surface area contributed by atoms with Gasteiger partial charge in [-0.3, -0.25) is 4.79 Å². The number of benzene rings is 2. The monoisotopic (exact) mass is 456 g/mol. The van der Waals surface area contributed by atoms with Gasteiger partial charge < -0.3 is 15.1 Å². The molecule has 0 radical (unpaired) electrons. The molecule has 0 aliphatic rings. The van der Waals surface area contributed by atoms with Crippen molar-refractivity contribution in [3.05, 3.63) is 75.9 Å². The Hall–Kier alpha value is -3.24. The molecule has 4 aromatic rings. The van der Waals surface area contributed by atoms with E-state index < -0.39 is 5.63 Å². The predicted molar refractivity (Wildman–Crippen MR) is 120 cm³/mol. The zero-order valence-corrected chi connectivity index (χ0v) is 18.0. The van der Waals surface area contributed by atoms with Crippen molar-refractivity contribution >= 4 is 50.8 Å². The lowest BCUT2D eigenvalue weighted by Crippen LogP contribution is -2.06. The molecule has 158 valence electrons. The van der Waals surface area contributed by atoms with Crippen LogP contribution in [-0.4, -0.2) is 16.1 Å². The molecular formula is C21H17FN4O3S2. The van der Waals surface area contributed by atoms with Gasteiger partial charge in [0.05, 0.1) is 0 Å². The molecule has 0 saturated carbocycles. The van der Waals surface area contributed by atoms with E-state index in [-0.39, 0.29) is 11.7 Å². The second kappa shape index (κ2) is 9.27. The number of hydrogen-bond acceptors (Lipinski definition) is 8. The molecule has 0 aliphatic heterocycles. The summed E-state index contributed by atoms with van der Waals surface area (Å²) in [5.74, 6) is 0.0365. The highest BCUT2D eigenvalue weighted by Gasteiger charge is 2.10. The van der Waals surface area contributed by atoms with Gasteiger partial charge in [-0.15, -0.1) is 10.2 Å². The number of hydrogen-bond donors (Lipinski definition) is 2. The molecule has 2 aromatic carbocycles. The van der Waals surface area contributed by atoms with Crippen molar-refractivity contribution in [2.45, 2.75) is 23.6 Å². The van der Waals surface area contributed by atoms with Crippen LogP contribution < -0.4 is 16.3 Å². The largest absolute Gasteiger partial charge is 0.423 e. The highest BCUT2D eigenvalue weighted by atomic mass is 32.2. The van der Waals surface area contributed by atoms with Crippen molar-refractivity contribution in [1.82, 2.24) is 10.2 Å². The number of carbonyl (C=O) groups excluding carboxylic acids is 1. The fraction of sp³-hybridized carbons (Fsp3) is 0.143. The Morgan fingerprint density at radius 1 is 1.16 bits per heavy atom. The first-order chi connectivity index (χ1) is 15.0. The zero-order valence-electron chi connectivity index (χ0n) is 16.3. The smallest absolute Gasteiger partial charge is 0.336 e. The van der Waals surface area contributed by atoms with Gasteiger partial charge >= 0.3 is 5.63 Å². The molecule has 4 rings (SSSR count). The first-order valence-corrected chi connectivity index (χ1v) is 11.1. The number of aromatic nitrogens is 2. The number of carbonyl (C=O) groups is 1. The molecule has 1 amide bonds. The van der Waals surface area contributed by atoms with E-state index in [0.717, 1.165) is 20.9 Å². The van der Waals surface area contributed by atoms with Crippen LogP contribution in [0.5, 0.6) is 0 Å². The summed E-state index contributed by atoms with van der Waals surface area (Å²) in [6.45, 7) is 1.93. The van der Waals surface area contributed by atoms with Gasteiger partial charge in [0.1, 0.15) is 11.4 Å². The molecule has 0 saturated heterocycles. The third-order valence-electron chi connectivity index (χ3n) is 4.27. The Balaban J connectivity index is 1.43. The highest BCUT2D eigenvalue weighted by molar-refractivity contribution is 8.00. The molecule has 2 aromatic heterocycles. The lowest BCUT2D eigenvalue weighted by Gasteiger charge is -2.07. The van der Waals surface area contributed by atoms with Crippen LogP contribution in [-0.2, 0) is 17.1 Å². The zero-order chi connectivity index (χ0) is 21.8. The van der Waals surface area contributed by atoms with Crippen molar-refractivity contribution in [2.24, 2.45) is 0 Å². The van der Waals surface area contributed by atoms with Crippen LogP contribution >= 0.6 is 23.1 Å². The molecule has 2 heterocycles. The summed E-state index contributed by atoms with van der Waals surface area (Å²) in [6, 6.07) is 12.9. The molecule has 0 spiro atoms. The highest BCUT2D eigenvalue weighted by Crippen LogP contribution is 2.31. The molecule has 0 fully saturated rings. The van der Waals surface area contributed by atoms with E-state index in [0.29, 0.717) is 28.7 Å². The van der Waals surface area contributed by atoms with Crippen LogP contribution in [0.1, 0.15) is 18.1 Å². The van der Waals surface area contributed by atoms with E-state index in [4.69, 9.17) is 4.42 Å². The number of thioether (sulfide) groups is 1. The SMILES string of the molecule is CC(=O)Nc1ccc2c(CSc3nnc(NCc4ccc(F)cc4)s3)cc(=O)oc2c1. The summed E-state index contributed by atoms with van der Waals surface area (Å²) in [5, 5.41) is 15.6. The lowest BCUT2D eigenvalue weighted by molar-refractivity contribution is -0.114. The van der Waals surface area contributed by atoms with Gasteiger partial charge in [-0.2, -0.15) is 0 Å². The second-order valence-corrected chi connectivity index (χ2v) is 8.82. The molecule has 31 heavy (non-hydrogen) atoms. The van der Waals surface area contributed by atoms with Crippen LogP contribution in [0.3, 0.4) is 0 Å². The maximum Gasteiger partial charge on any atom is 0.336 e. The maximum absolute atomic E-state index is 13.0. The molecule has 0 bridgehead atoms. The van der Waals surface area contributed by atoms with Crippen molar-refractivity contribution in [2.75, 3.05) is 10.6 Å². The molecule has 2 N–H and O–H groups in total. The normalized spacial score (nSPS) is 10.9. The Kier molecular flexibility index (Phi) is 6.28. The molecular weight excluding hydrogens is 439 g/mol. The van der Waals surface area contributed by atoms with Gasteiger partial charge in [-0.05, 0) is 35.4 Å². The van der Waals surface area contributed by atoms with E-state index in [1.165, 1.54) is 48.2 Å². The Morgan fingerprint density at radius 2 is 1.97 bits per heavy atom. The quantitative estimate of drug-likeness (QED) is 0.309. The lowest BCUT2D eigenvalue weighted by atomic mass is 10.1. The van der Waals surface area contributed by atoms with Gasteiger partial charge in [-0.1, -0.05) is 35.2 Å². The first kappa shape index (κ1) is 21.0. The van der Waals surface area contributed by atoms with Crippen LogP contribution in [0.15, 0.2) is 62.1 Å². The number of nitrogens with zero attached hydrogens (tertiary/aromatic N) is 2. The molecule has 0 aliphatic carbocycles. The number of anilines is 2. The second-order valence-electron chi connectivity index (χ2n) is 6.62. The van der Waals surface area contributed by atoms with Gasteiger partial charge in [-0.25, -0.2) is 9.18 Å². The van der Waals surface area contributed by atoms with E-state index in [1.807, 2.05) is 6.07 Å². The Labute approximate surface area is 184 Å². The standard InChI is InChI=1S/C21H17FN4O3S2/c1-12(27)24-16-6-7-17-14(8-19(28)29-18(17)9-16)11-30-21-26-25-20(31-21)23-10-13-2-4-15(22)5-3-13/h2-9H,10-11H2,1H3,(H,23,25)(H,24,27). The summed E-state index contributed by atoms with van der Waals surface area (Å²) in [7, 11) is 0. The number of halogens is 1. The summed E-state index contributed by atoms with van der Waals surface area (Å²) in [5.41, 5.74) is 2.26. The van der Waals surface area contributed by atoms with E-state index >= 15 is 0 Å². The molecule has 7 nitrogen and oxygen atoms in total. The minimum Gasteiger partial charge on any atom is -0.423 e.